The zero-order valence-electron chi connectivity index (χ0n) is 23.3. The van der Waals surface area contributed by atoms with Crippen molar-refractivity contribution in [1.82, 2.24) is 19.5 Å². The summed E-state index contributed by atoms with van der Waals surface area (Å²) in [6, 6.07) is 19.2. The average molecular weight is 616 g/mol. The Morgan fingerprint density at radius 1 is 1.00 bits per heavy atom. The van der Waals surface area contributed by atoms with Crippen LogP contribution in [0.25, 0.3) is 10.9 Å². The summed E-state index contributed by atoms with van der Waals surface area (Å²) in [7, 11) is 1.30. The van der Waals surface area contributed by atoms with Crippen molar-refractivity contribution in [3.05, 3.63) is 99.2 Å². The predicted octanol–water partition coefficient (Wildman–Crippen LogP) is 5.54. The molecule has 0 radical (unpaired) electrons. The molecule has 4 aromatic rings. The second-order valence-corrected chi connectivity index (χ2v) is 12.7. The van der Waals surface area contributed by atoms with Gasteiger partial charge in [-0.05, 0) is 63.0 Å². The number of sulfonamides is 1. The van der Waals surface area contributed by atoms with Gasteiger partial charge >= 0.3 is 0 Å². The minimum atomic E-state index is -4.02. The van der Waals surface area contributed by atoms with Gasteiger partial charge in [-0.3, -0.25) is 4.79 Å². The van der Waals surface area contributed by atoms with Gasteiger partial charge in [-0.2, -0.15) is 4.31 Å². The second kappa shape index (κ2) is 13.2. The van der Waals surface area contributed by atoms with Crippen LogP contribution in [0.1, 0.15) is 27.2 Å². The summed E-state index contributed by atoms with van der Waals surface area (Å²) in [5.41, 5.74) is 3.00. The van der Waals surface area contributed by atoms with Crippen molar-refractivity contribution in [3.63, 3.8) is 0 Å². The highest BCUT2D eigenvalue weighted by Crippen LogP contribution is 2.34. The highest BCUT2D eigenvalue weighted by Gasteiger charge is 2.27. The van der Waals surface area contributed by atoms with Crippen LogP contribution in [0.2, 0.25) is 10.0 Å². The summed E-state index contributed by atoms with van der Waals surface area (Å²) in [4.78, 5) is 19.0. The number of para-hydroxylation sites is 1. The average Bonchev–Trinajstić information content (AvgIpc) is 2.92. The Morgan fingerprint density at radius 3 is 2.51 bits per heavy atom. The third kappa shape index (κ3) is 7.36. The number of aromatic nitrogens is 1. The lowest BCUT2D eigenvalue weighted by atomic mass is 10.1. The van der Waals surface area contributed by atoms with Crippen LogP contribution >= 0.6 is 23.2 Å². The minimum absolute atomic E-state index is 0.0113. The molecule has 41 heavy (non-hydrogen) atoms. The van der Waals surface area contributed by atoms with Crippen LogP contribution in [0.4, 0.5) is 0 Å². The fourth-order valence-corrected chi connectivity index (χ4v) is 6.22. The maximum absolute atomic E-state index is 13.6. The van der Waals surface area contributed by atoms with Gasteiger partial charge in [-0.15, -0.1) is 0 Å². The number of halogens is 2. The number of carbonyl (C=O) groups excluding carboxylic acids is 1. The topological polar surface area (TPSA) is 91.8 Å². The third-order valence-corrected chi connectivity index (χ3v) is 9.22. The molecular weight excluding hydrogens is 583 g/mol. The predicted molar refractivity (Wildman–Crippen MR) is 163 cm³/mol. The van der Waals surface area contributed by atoms with E-state index in [0.717, 1.165) is 11.1 Å². The highest BCUT2D eigenvalue weighted by atomic mass is 35.5. The molecule has 0 aliphatic carbocycles. The third-order valence-electron chi connectivity index (χ3n) is 6.47. The molecule has 1 heterocycles. The molecular formula is C30H32Cl2N4O4S. The van der Waals surface area contributed by atoms with E-state index in [1.165, 1.54) is 23.5 Å². The summed E-state index contributed by atoms with van der Waals surface area (Å²) >= 11 is 13.1. The number of rotatable bonds is 11. The van der Waals surface area contributed by atoms with Gasteiger partial charge in [-0.1, -0.05) is 53.5 Å². The lowest BCUT2D eigenvalue weighted by Crippen LogP contribution is -2.31. The smallest absolute Gasteiger partial charge is 0.251 e. The van der Waals surface area contributed by atoms with E-state index >= 15 is 0 Å². The lowest BCUT2D eigenvalue weighted by molar-refractivity contribution is 0.0951. The van der Waals surface area contributed by atoms with E-state index in [0.29, 0.717) is 41.0 Å². The van der Waals surface area contributed by atoms with Gasteiger partial charge in [0.15, 0.2) is 0 Å². The van der Waals surface area contributed by atoms with E-state index < -0.39 is 10.0 Å². The van der Waals surface area contributed by atoms with Crippen molar-refractivity contribution in [2.24, 2.45) is 0 Å². The molecule has 1 aromatic heterocycles. The van der Waals surface area contributed by atoms with E-state index in [-0.39, 0.29) is 34.0 Å². The molecule has 0 aliphatic heterocycles. The molecule has 0 saturated carbocycles. The van der Waals surface area contributed by atoms with Crippen molar-refractivity contribution in [3.8, 4) is 5.75 Å². The number of hydrogen-bond donors (Lipinski definition) is 1. The Hall–Kier alpha value is -3.21. The zero-order chi connectivity index (χ0) is 29.7. The first-order chi connectivity index (χ1) is 19.5. The molecule has 3 aromatic carbocycles. The van der Waals surface area contributed by atoms with Gasteiger partial charge in [0.2, 0.25) is 10.0 Å². The van der Waals surface area contributed by atoms with Crippen molar-refractivity contribution in [1.29, 1.82) is 0 Å². The Bertz CT molecular complexity index is 1680. The Kier molecular flexibility index (Phi) is 9.88. The quantitative estimate of drug-likeness (QED) is 0.238. The van der Waals surface area contributed by atoms with E-state index in [4.69, 9.17) is 27.9 Å². The van der Waals surface area contributed by atoms with Crippen LogP contribution in [0.15, 0.2) is 71.6 Å². The number of hydrogen-bond acceptors (Lipinski definition) is 6. The van der Waals surface area contributed by atoms with Crippen LogP contribution < -0.4 is 10.1 Å². The van der Waals surface area contributed by atoms with Gasteiger partial charge in [0.05, 0.1) is 5.02 Å². The number of likely N-dealkylation sites (N-methyl/N-ethyl adjacent to an activating group) is 1. The Labute approximate surface area is 250 Å². The van der Waals surface area contributed by atoms with E-state index in [9.17, 15) is 13.2 Å². The number of carbonyl (C=O) groups is 1. The van der Waals surface area contributed by atoms with Crippen molar-refractivity contribution >= 4 is 50.0 Å². The maximum Gasteiger partial charge on any atom is 0.251 e. The van der Waals surface area contributed by atoms with Crippen molar-refractivity contribution < 1.29 is 17.9 Å². The summed E-state index contributed by atoms with van der Waals surface area (Å²) < 4.78 is 34.4. The summed E-state index contributed by atoms with van der Waals surface area (Å²) in [6.45, 7) is 3.09. The molecule has 0 fully saturated rings. The first-order valence-corrected chi connectivity index (χ1v) is 15.1. The lowest BCUT2D eigenvalue weighted by Gasteiger charge is -2.20. The molecule has 8 nitrogen and oxygen atoms in total. The summed E-state index contributed by atoms with van der Waals surface area (Å²) in [5.74, 6) is 0.315. The SMILES string of the molecule is Cc1ccc2cccc(OCc3c(Cl)ccc(S(=O)(=O)N(C)Cc4cccc(C(=O)NCCN(C)C)c4)c3Cl)c2n1. The molecule has 0 spiro atoms. The number of fused-ring (bicyclic) bond motifs is 1. The largest absolute Gasteiger partial charge is 0.487 e. The number of aryl methyl sites for hydroxylation is 1. The van der Waals surface area contributed by atoms with E-state index in [2.05, 4.69) is 10.3 Å². The van der Waals surface area contributed by atoms with Gasteiger partial charge in [-0.25, -0.2) is 13.4 Å². The maximum atomic E-state index is 13.6. The molecule has 0 bridgehead atoms. The molecule has 0 unspecified atom stereocenters. The summed E-state index contributed by atoms with van der Waals surface area (Å²) in [6.07, 6.45) is 0. The monoisotopic (exact) mass is 614 g/mol. The standard InChI is InChI=1S/C30H32Cl2N4O4S/c1-20-11-12-22-8-6-10-26(29(22)34-20)40-19-24-25(31)13-14-27(28(24)32)41(38,39)36(4)18-21-7-5-9-23(17-21)30(37)33-15-16-35(2)3/h5-14,17H,15-16,18-19H2,1-4H3,(H,33,37). The number of pyridine rings is 1. The number of nitrogens with zero attached hydrogens (tertiary/aromatic N) is 3. The molecule has 0 saturated heterocycles. The molecule has 0 aliphatic rings. The fourth-order valence-electron chi connectivity index (χ4n) is 4.21. The van der Waals surface area contributed by atoms with Crippen molar-refractivity contribution in [2.75, 3.05) is 34.2 Å². The minimum Gasteiger partial charge on any atom is -0.487 e. The number of benzene rings is 3. The van der Waals surface area contributed by atoms with Gasteiger partial charge in [0.25, 0.3) is 5.91 Å². The Balaban J connectivity index is 1.53. The van der Waals surface area contributed by atoms with Gasteiger partial charge < -0.3 is 15.0 Å². The molecule has 4 rings (SSSR count). The van der Waals surface area contributed by atoms with Crippen LogP contribution in [0.3, 0.4) is 0 Å². The highest BCUT2D eigenvalue weighted by molar-refractivity contribution is 7.89. The molecule has 11 heteroatoms. The number of ether oxygens (including phenoxy) is 1. The summed E-state index contributed by atoms with van der Waals surface area (Å²) in [5, 5.41) is 4.05. The molecule has 1 N–H and O–H groups in total. The van der Waals surface area contributed by atoms with Crippen LogP contribution in [-0.2, 0) is 23.2 Å². The van der Waals surface area contributed by atoms with Crippen LogP contribution in [0.5, 0.6) is 5.75 Å². The number of amides is 1. The second-order valence-electron chi connectivity index (χ2n) is 9.93. The zero-order valence-corrected chi connectivity index (χ0v) is 25.6. The first kappa shape index (κ1) is 30.7. The number of nitrogens with one attached hydrogen (secondary N) is 1. The first-order valence-electron chi connectivity index (χ1n) is 12.9. The molecule has 0 atom stereocenters. The Morgan fingerprint density at radius 2 is 1.76 bits per heavy atom. The van der Waals surface area contributed by atoms with Crippen LogP contribution in [-0.4, -0.2) is 62.7 Å². The van der Waals surface area contributed by atoms with Gasteiger partial charge in [0.1, 0.15) is 22.8 Å². The van der Waals surface area contributed by atoms with Crippen molar-refractivity contribution in [2.45, 2.75) is 25.0 Å². The fraction of sp³-hybridized carbons (Fsp3) is 0.267. The molecule has 1 amide bonds. The normalized spacial score (nSPS) is 11.8. The van der Waals surface area contributed by atoms with E-state index in [1.54, 1.807) is 30.3 Å². The van der Waals surface area contributed by atoms with Gasteiger partial charge in [0, 0.05) is 53.9 Å². The van der Waals surface area contributed by atoms with E-state index in [1.807, 2.05) is 50.2 Å². The van der Waals surface area contributed by atoms with Crippen LogP contribution in [0, 0.1) is 6.92 Å². The molecule has 216 valence electrons.